The zero-order chi connectivity index (χ0) is 14.4. The van der Waals surface area contributed by atoms with Crippen LogP contribution in [0, 0.1) is 13.8 Å². The number of anilines is 1. The average molecular weight is 264 g/mol. The smallest absolute Gasteiger partial charge is 0.313 e. The number of carbonyl (C=O) groups is 2. The molecule has 0 radical (unpaired) electrons. The second kappa shape index (κ2) is 6.89. The second-order valence-electron chi connectivity index (χ2n) is 4.65. The van der Waals surface area contributed by atoms with Crippen molar-refractivity contribution < 1.29 is 14.7 Å². The van der Waals surface area contributed by atoms with E-state index >= 15 is 0 Å². The van der Waals surface area contributed by atoms with E-state index in [1.165, 1.54) is 0 Å². The number of carbonyl (C=O) groups excluding carboxylic acids is 2. The Labute approximate surface area is 113 Å². The standard InChI is InChI=1S/C14H20N2O3/c1-9-4-5-12(8-10(9)2)16-14(19)13(18)15-7-6-11(3)17/h4-5,8,11,17H,6-7H2,1-3H3,(H,15,18)(H,16,19). The molecular formula is C14H20N2O3. The van der Waals surface area contributed by atoms with Crippen LogP contribution in [0.25, 0.3) is 0 Å². The number of nitrogens with one attached hydrogen (secondary N) is 2. The van der Waals surface area contributed by atoms with Crippen LogP contribution in [0.1, 0.15) is 24.5 Å². The van der Waals surface area contributed by atoms with Crippen molar-refractivity contribution in [3.63, 3.8) is 0 Å². The molecule has 1 unspecified atom stereocenters. The highest BCUT2D eigenvalue weighted by Gasteiger charge is 2.13. The number of aliphatic hydroxyl groups is 1. The summed E-state index contributed by atoms with van der Waals surface area (Å²) in [6, 6.07) is 5.45. The Hall–Kier alpha value is -1.88. The monoisotopic (exact) mass is 264 g/mol. The molecule has 1 aromatic carbocycles. The van der Waals surface area contributed by atoms with Crippen molar-refractivity contribution in [3.05, 3.63) is 29.3 Å². The largest absolute Gasteiger partial charge is 0.393 e. The van der Waals surface area contributed by atoms with Gasteiger partial charge in [0, 0.05) is 12.2 Å². The minimum atomic E-state index is -0.700. The van der Waals surface area contributed by atoms with Gasteiger partial charge in [0.2, 0.25) is 0 Å². The fourth-order valence-electron chi connectivity index (χ4n) is 1.48. The lowest BCUT2D eigenvalue weighted by atomic mass is 10.1. The van der Waals surface area contributed by atoms with Crippen LogP contribution >= 0.6 is 0 Å². The third kappa shape index (κ3) is 5.09. The van der Waals surface area contributed by atoms with Gasteiger partial charge in [-0.1, -0.05) is 6.07 Å². The zero-order valence-corrected chi connectivity index (χ0v) is 11.5. The minimum absolute atomic E-state index is 0.275. The van der Waals surface area contributed by atoms with Gasteiger partial charge in [-0.05, 0) is 50.5 Å². The lowest BCUT2D eigenvalue weighted by molar-refractivity contribution is -0.136. The molecule has 0 saturated carbocycles. The van der Waals surface area contributed by atoms with E-state index in [2.05, 4.69) is 10.6 Å². The molecule has 0 aliphatic rings. The Kier molecular flexibility index (Phi) is 5.51. The molecule has 5 nitrogen and oxygen atoms in total. The highest BCUT2D eigenvalue weighted by Crippen LogP contribution is 2.13. The van der Waals surface area contributed by atoms with Crippen LogP contribution < -0.4 is 10.6 Å². The van der Waals surface area contributed by atoms with Crippen LogP contribution in [0.2, 0.25) is 0 Å². The van der Waals surface area contributed by atoms with E-state index in [-0.39, 0.29) is 6.54 Å². The molecule has 0 heterocycles. The molecular weight excluding hydrogens is 244 g/mol. The average Bonchev–Trinajstić information content (AvgIpc) is 2.33. The van der Waals surface area contributed by atoms with Crippen LogP contribution in [0.4, 0.5) is 5.69 Å². The molecule has 5 heteroatoms. The van der Waals surface area contributed by atoms with Crippen molar-refractivity contribution in [2.75, 3.05) is 11.9 Å². The summed E-state index contributed by atoms with van der Waals surface area (Å²) < 4.78 is 0. The number of aryl methyl sites for hydroxylation is 2. The second-order valence-corrected chi connectivity index (χ2v) is 4.65. The van der Waals surface area contributed by atoms with Gasteiger partial charge in [0.25, 0.3) is 0 Å². The molecule has 0 saturated heterocycles. The lowest BCUT2D eigenvalue weighted by Crippen LogP contribution is -2.36. The summed E-state index contributed by atoms with van der Waals surface area (Å²) in [6.07, 6.45) is -0.0778. The van der Waals surface area contributed by atoms with E-state index in [1.54, 1.807) is 13.0 Å². The zero-order valence-electron chi connectivity index (χ0n) is 11.5. The SMILES string of the molecule is Cc1ccc(NC(=O)C(=O)NCCC(C)O)cc1C. The summed E-state index contributed by atoms with van der Waals surface area (Å²) in [5, 5.41) is 14.0. The maximum Gasteiger partial charge on any atom is 0.313 e. The van der Waals surface area contributed by atoms with Gasteiger partial charge in [0.05, 0.1) is 6.10 Å². The number of rotatable bonds is 4. The van der Waals surface area contributed by atoms with Gasteiger partial charge in [-0.3, -0.25) is 9.59 Å². The summed E-state index contributed by atoms with van der Waals surface area (Å²) in [7, 11) is 0. The highest BCUT2D eigenvalue weighted by molar-refractivity contribution is 6.39. The molecule has 19 heavy (non-hydrogen) atoms. The van der Waals surface area contributed by atoms with Gasteiger partial charge >= 0.3 is 11.8 Å². The molecule has 1 atom stereocenters. The Balaban J connectivity index is 2.49. The van der Waals surface area contributed by atoms with E-state index in [9.17, 15) is 9.59 Å². The molecule has 0 bridgehead atoms. The van der Waals surface area contributed by atoms with Gasteiger partial charge in [-0.2, -0.15) is 0 Å². The molecule has 1 rings (SSSR count). The van der Waals surface area contributed by atoms with Crippen LogP contribution in [-0.2, 0) is 9.59 Å². The van der Waals surface area contributed by atoms with E-state index in [0.29, 0.717) is 12.1 Å². The normalized spacial score (nSPS) is 11.8. The van der Waals surface area contributed by atoms with Crippen molar-refractivity contribution in [3.8, 4) is 0 Å². The first-order valence-corrected chi connectivity index (χ1v) is 6.24. The van der Waals surface area contributed by atoms with Crippen molar-refractivity contribution in [1.29, 1.82) is 0 Å². The molecule has 0 aliphatic carbocycles. The summed E-state index contributed by atoms with van der Waals surface area (Å²) in [5.74, 6) is -1.40. The molecule has 0 fully saturated rings. The fraction of sp³-hybridized carbons (Fsp3) is 0.429. The van der Waals surface area contributed by atoms with Crippen LogP contribution in [0.5, 0.6) is 0 Å². The maximum atomic E-state index is 11.6. The maximum absolute atomic E-state index is 11.6. The summed E-state index contributed by atoms with van der Waals surface area (Å²) in [4.78, 5) is 23.1. The summed E-state index contributed by atoms with van der Waals surface area (Å²) >= 11 is 0. The number of amides is 2. The van der Waals surface area contributed by atoms with Crippen molar-refractivity contribution >= 4 is 17.5 Å². The molecule has 1 aromatic rings. The van der Waals surface area contributed by atoms with Gasteiger partial charge in [0.15, 0.2) is 0 Å². The molecule has 0 aromatic heterocycles. The minimum Gasteiger partial charge on any atom is -0.393 e. The Morgan fingerprint density at radius 2 is 1.89 bits per heavy atom. The van der Waals surface area contributed by atoms with Crippen LogP contribution in [0.3, 0.4) is 0 Å². The fourth-order valence-corrected chi connectivity index (χ4v) is 1.48. The molecule has 2 amide bonds. The first-order valence-electron chi connectivity index (χ1n) is 6.24. The van der Waals surface area contributed by atoms with Crippen LogP contribution in [-0.4, -0.2) is 29.6 Å². The first kappa shape index (κ1) is 15.2. The molecule has 0 spiro atoms. The predicted molar refractivity (Wildman–Crippen MR) is 73.9 cm³/mol. The van der Waals surface area contributed by atoms with E-state index in [4.69, 9.17) is 5.11 Å². The quantitative estimate of drug-likeness (QED) is 0.713. The number of hydrogen-bond donors (Lipinski definition) is 3. The van der Waals surface area contributed by atoms with Gasteiger partial charge in [-0.25, -0.2) is 0 Å². The highest BCUT2D eigenvalue weighted by atomic mass is 16.3. The topological polar surface area (TPSA) is 78.4 Å². The van der Waals surface area contributed by atoms with E-state index in [0.717, 1.165) is 11.1 Å². The third-order valence-corrected chi connectivity index (χ3v) is 2.82. The van der Waals surface area contributed by atoms with E-state index in [1.807, 2.05) is 26.0 Å². The van der Waals surface area contributed by atoms with E-state index < -0.39 is 17.9 Å². The van der Waals surface area contributed by atoms with Crippen molar-refractivity contribution in [2.24, 2.45) is 0 Å². The Bertz CT molecular complexity index is 470. The number of benzene rings is 1. The van der Waals surface area contributed by atoms with Crippen molar-refractivity contribution in [1.82, 2.24) is 5.32 Å². The van der Waals surface area contributed by atoms with Crippen molar-refractivity contribution in [2.45, 2.75) is 33.3 Å². The molecule has 104 valence electrons. The van der Waals surface area contributed by atoms with Gasteiger partial charge in [0.1, 0.15) is 0 Å². The third-order valence-electron chi connectivity index (χ3n) is 2.82. The van der Waals surface area contributed by atoms with Gasteiger partial charge < -0.3 is 15.7 Å². The number of hydrogen-bond acceptors (Lipinski definition) is 3. The van der Waals surface area contributed by atoms with Crippen LogP contribution in [0.15, 0.2) is 18.2 Å². The number of aliphatic hydroxyl groups excluding tert-OH is 1. The molecule has 0 aliphatic heterocycles. The summed E-state index contributed by atoms with van der Waals surface area (Å²) in [5.41, 5.74) is 2.77. The Morgan fingerprint density at radius 1 is 1.21 bits per heavy atom. The Morgan fingerprint density at radius 3 is 2.47 bits per heavy atom. The first-order chi connectivity index (χ1) is 8.90. The summed E-state index contributed by atoms with van der Waals surface area (Å²) in [6.45, 7) is 5.82. The lowest BCUT2D eigenvalue weighted by Gasteiger charge is -2.09. The molecule has 3 N–H and O–H groups in total. The van der Waals surface area contributed by atoms with Gasteiger partial charge in [-0.15, -0.1) is 0 Å². The predicted octanol–water partition coefficient (Wildman–Crippen LogP) is 1.13.